The van der Waals surface area contributed by atoms with Crippen molar-refractivity contribution in [2.75, 3.05) is 10.6 Å². The normalized spacial score (nSPS) is 10.1. The molecular weight excluding hydrogens is 256 g/mol. The summed E-state index contributed by atoms with van der Waals surface area (Å²) in [7, 11) is 0. The summed E-state index contributed by atoms with van der Waals surface area (Å²) < 4.78 is 0. The largest absolute Gasteiger partial charge is 0.326 e. The van der Waals surface area contributed by atoms with Gasteiger partial charge < -0.3 is 10.6 Å². The van der Waals surface area contributed by atoms with Crippen LogP contribution in [0.25, 0.3) is 0 Å². The first-order valence-corrected chi connectivity index (χ1v) is 6.31. The van der Waals surface area contributed by atoms with Gasteiger partial charge in [-0.2, -0.15) is 0 Å². The second-order valence-electron chi connectivity index (χ2n) is 4.33. The summed E-state index contributed by atoms with van der Waals surface area (Å²) in [5.41, 5.74) is 1.93. The number of anilines is 3. The molecule has 0 aliphatic heterocycles. The van der Waals surface area contributed by atoms with Gasteiger partial charge in [-0.05, 0) is 24.6 Å². The molecular formula is C14H16N4O2. The number of hydrogen-bond donors (Lipinski definition) is 3. The van der Waals surface area contributed by atoms with E-state index in [0.29, 0.717) is 23.8 Å². The van der Waals surface area contributed by atoms with Gasteiger partial charge in [0.25, 0.3) is 5.56 Å². The van der Waals surface area contributed by atoms with Crippen LogP contribution in [0.1, 0.15) is 19.5 Å². The van der Waals surface area contributed by atoms with Gasteiger partial charge in [-0.15, -0.1) is 0 Å². The Morgan fingerprint density at radius 3 is 2.75 bits per heavy atom. The molecule has 1 aromatic heterocycles. The predicted octanol–water partition coefficient (Wildman–Crippen LogP) is 2.03. The average Bonchev–Trinajstić information content (AvgIpc) is 2.37. The number of nitrogens with one attached hydrogen (secondary N) is 3. The molecule has 6 heteroatoms. The molecule has 0 radical (unpaired) electrons. The van der Waals surface area contributed by atoms with E-state index in [4.69, 9.17) is 0 Å². The van der Waals surface area contributed by atoms with Crippen molar-refractivity contribution in [3.63, 3.8) is 0 Å². The Balaban J connectivity index is 2.23. The van der Waals surface area contributed by atoms with Crippen LogP contribution >= 0.6 is 0 Å². The Kier molecular flexibility index (Phi) is 4.14. The van der Waals surface area contributed by atoms with Crippen molar-refractivity contribution < 1.29 is 4.79 Å². The monoisotopic (exact) mass is 272 g/mol. The lowest BCUT2D eigenvalue weighted by Gasteiger charge is -2.08. The van der Waals surface area contributed by atoms with Crippen molar-refractivity contribution in [2.45, 2.75) is 20.3 Å². The number of hydrogen-bond acceptors (Lipinski definition) is 4. The lowest BCUT2D eigenvalue weighted by molar-refractivity contribution is -0.114. The zero-order valence-electron chi connectivity index (χ0n) is 11.4. The van der Waals surface area contributed by atoms with E-state index in [2.05, 4.69) is 20.6 Å². The number of carbonyl (C=O) groups is 1. The molecule has 2 aromatic rings. The van der Waals surface area contributed by atoms with Gasteiger partial charge in [0.1, 0.15) is 0 Å². The van der Waals surface area contributed by atoms with Crippen molar-refractivity contribution in [2.24, 2.45) is 0 Å². The molecule has 0 spiro atoms. The number of aromatic amines is 1. The first-order valence-electron chi connectivity index (χ1n) is 6.31. The molecule has 6 nitrogen and oxygen atoms in total. The second-order valence-corrected chi connectivity index (χ2v) is 4.33. The van der Waals surface area contributed by atoms with Crippen molar-refractivity contribution >= 4 is 23.2 Å². The fraction of sp³-hybridized carbons (Fsp3) is 0.214. The third-order valence-corrected chi connectivity index (χ3v) is 2.60. The summed E-state index contributed by atoms with van der Waals surface area (Å²) in [5, 5.41) is 5.71. The van der Waals surface area contributed by atoms with E-state index in [-0.39, 0.29) is 11.5 Å². The summed E-state index contributed by atoms with van der Waals surface area (Å²) in [6.07, 6.45) is 0.685. The highest BCUT2D eigenvalue weighted by Gasteiger charge is 2.02. The first-order chi connectivity index (χ1) is 9.56. The minimum absolute atomic E-state index is 0.137. The SMILES string of the molecule is CCc1cc(=O)[nH]c(Nc2cccc(NC(C)=O)c2)n1. The minimum atomic E-state index is -0.197. The van der Waals surface area contributed by atoms with Gasteiger partial charge in [-0.25, -0.2) is 4.98 Å². The summed E-state index contributed by atoms with van der Waals surface area (Å²) >= 11 is 0. The summed E-state index contributed by atoms with van der Waals surface area (Å²) in [4.78, 5) is 29.4. The van der Waals surface area contributed by atoms with Crippen LogP contribution in [0.15, 0.2) is 35.1 Å². The van der Waals surface area contributed by atoms with Crippen LogP contribution in [-0.4, -0.2) is 15.9 Å². The molecule has 0 unspecified atom stereocenters. The van der Waals surface area contributed by atoms with Crippen LogP contribution in [0.5, 0.6) is 0 Å². The molecule has 1 amide bonds. The van der Waals surface area contributed by atoms with Crippen LogP contribution in [-0.2, 0) is 11.2 Å². The lowest BCUT2D eigenvalue weighted by Crippen LogP contribution is -2.12. The summed E-state index contributed by atoms with van der Waals surface area (Å²) in [5.74, 6) is 0.246. The lowest BCUT2D eigenvalue weighted by atomic mass is 10.2. The van der Waals surface area contributed by atoms with Crippen molar-refractivity contribution in [1.29, 1.82) is 0 Å². The predicted molar refractivity (Wildman–Crippen MR) is 78.3 cm³/mol. The molecule has 0 fully saturated rings. The van der Waals surface area contributed by atoms with Crippen molar-refractivity contribution in [1.82, 2.24) is 9.97 Å². The molecule has 104 valence electrons. The molecule has 0 saturated heterocycles. The molecule has 0 aliphatic carbocycles. The quantitative estimate of drug-likeness (QED) is 0.794. The smallest absolute Gasteiger partial charge is 0.252 e. The zero-order chi connectivity index (χ0) is 14.5. The van der Waals surface area contributed by atoms with Crippen molar-refractivity contribution in [3.8, 4) is 0 Å². The Bertz CT molecular complexity index is 679. The Hall–Kier alpha value is -2.63. The maximum absolute atomic E-state index is 11.5. The molecule has 0 bridgehead atoms. The van der Waals surface area contributed by atoms with Crippen LogP contribution in [0.2, 0.25) is 0 Å². The standard InChI is InChI=1S/C14H16N4O2/c1-3-10-8-13(20)18-14(16-10)17-12-6-4-5-11(7-12)15-9(2)19/h4-8H,3H2,1-2H3,(H,15,19)(H2,16,17,18,20). The fourth-order valence-corrected chi connectivity index (χ4v) is 1.76. The molecule has 0 atom stereocenters. The van der Waals surface area contributed by atoms with Gasteiger partial charge in [-0.1, -0.05) is 13.0 Å². The number of aromatic nitrogens is 2. The summed E-state index contributed by atoms with van der Waals surface area (Å²) in [6.45, 7) is 3.38. The average molecular weight is 272 g/mol. The molecule has 0 saturated carbocycles. The number of amides is 1. The molecule has 1 heterocycles. The maximum atomic E-state index is 11.5. The Labute approximate surface area is 116 Å². The molecule has 0 aliphatic rings. The third-order valence-electron chi connectivity index (χ3n) is 2.60. The van der Waals surface area contributed by atoms with Gasteiger partial charge in [0.05, 0.1) is 0 Å². The molecule has 3 N–H and O–H groups in total. The Morgan fingerprint density at radius 2 is 2.05 bits per heavy atom. The molecule has 20 heavy (non-hydrogen) atoms. The van der Waals surface area contributed by atoms with Gasteiger partial charge in [-0.3, -0.25) is 14.6 Å². The van der Waals surface area contributed by atoms with Crippen molar-refractivity contribution in [3.05, 3.63) is 46.4 Å². The topological polar surface area (TPSA) is 86.9 Å². The number of rotatable bonds is 4. The van der Waals surface area contributed by atoms with E-state index in [1.807, 2.05) is 13.0 Å². The van der Waals surface area contributed by atoms with Gasteiger partial charge in [0, 0.05) is 30.1 Å². The maximum Gasteiger partial charge on any atom is 0.252 e. The Morgan fingerprint density at radius 1 is 1.30 bits per heavy atom. The van der Waals surface area contributed by atoms with Crippen LogP contribution in [0, 0.1) is 0 Å². The zero-order valence-corrected chi connectivity index (χ0v) is 11.4. The van der Waals surface area contributed by atoms with Gasteiger partial charge >= 0.3 is 0 Å². The highest BCUT2D eigenvalue weighted by Crippen LogP contribution is 2.17. The van der Waals surface area contributed by atoms with E-state index in [1.54, 1.807) is 18.2 Å². The van der Waals surface area contributed by atoms with Crippen LogP contribution in [0.3, 0.4) is 0 Å². The second kappa shape index (κ2) is 6.01. The minimum Gasteiger partial charge on any atom is -0.326 e. The van der Waals surface area contributed by atoms with E-state index in [0.717, 1.165) is 5.69 Å². The molecule has 2 rings (SSSR count). The van der Waals surface area contributed by atoms with E-state index < -0.39 is 0 Å². The van der Waals surface area contributed by atoms with Crippen LogP contribution in [0.4, 0.5) is 17.3 Å². The number of nitrogens with zero attached hydrogens (tertiary/aromatic N) is 1. The number of H-pyrrole nitrogens is 1. The number of aryl methyl sites for hydroxylation is 1. The molecule has 1 aromatic carbocycles. The van der Waals surface area contributed by atoms with E-state index in [9.17, 15) is 9.59 Å². The highest BCUT2D eigenvalue weighted by atomic mass is 16.1. The van der Waals surface area contributed by atoms with E-state index >= 15 is 0 Å². The van der Waals surface area contributed by atoms with E-state index in [1.165, 1.54) is 13.0 Å². The van der Waals surface area contributed by atoms with Crippen LogP contribution < -0.4 is 16.2 Å². The first kappa shape index (κ1) is 13.8. The highest BCUT2D eigenvalue weighted by molar-refractivity contribution is 5.89. The number of carbonyl (C=O) groups excluding carboxylic acids is 1. The summed E-state index contributed by atoms with van der Waals surface area (Å²) in [6, 6.07) is 8.64. The van der Waals surface area contributed by atoms with Gasteiger partial charge in [0.15, 0.2) is 0 Å². The van der Waals surface area contributed by atoms with Gasteiger partial charge in [0.2, 0.25) is 11.9 Å². The number of benzene rings is 1. The third kappa shape index (κ3) is 3.68. The fourth-order valence-electron chi connectivity index (χ4n) is 1.76.